The number of pyridine rings is 1. The van der Waals surface area contributed by atoms with Crippen molar-refractivity contribution in [3.05, 3.63) is 108 Å². The zero-order valence-electron chi connectivity index (χ0n) is 23.7. The number of nitrogens with zero attached hydrogens (tertiary/aromatic N) is 2. The second kappa shape index (κ2) is 13.0. The number of rotatable bonds is 8. The monoisotopic (exact) mass is 599 g/mol. The van der Waals surface area contributed by atoms with Crippen molar-refractivity contribution in [2.75, 3.05) is 31.6 Å². The molecule has 1 saturated heterocycles. The number of nitrogens with one attached hydrogen (secondary N) is 1. The van der Waals surface area contributed by atoms with Crippen molar-refractivity contribution in [1.82, 2.24) is 9.88 Å². The van der Waals surface area contributed by atoms with Crippen LogP contribution in [0, 0.1) is 0 Å². The number of likely N-dealkylation sites (tertiary alicyclic amines) is 1. The molecule has 226 valence electrons. The van der Waals surface area contributed by atoms with E-state index in [-0.39, 0.29) is 39.1 Å². The Hall–Kier alpha value is -5.23. The maximum Gasteiger partial charge on any atom is 0.336 e. The fraction of sp³-hybridized carbons (Fsp3) is 0.281. The van der Waals surface area contributed by atoms with Crippen molar-refractivity contribution < 1.29 is 22.4 Å². The number of hydrogen-bond donors (Lipinski definition) is 1. The Labute approximate surface area is 248 Å². The highest BCUT2D eigenvalue weighted by Crippen LogP contribution is 2.32. The molecule has 3 aromatic heterocycles. The van der Waals surface area contributed by atoms with Crippen molar-refractivity contribution in [1.29, 1.82) is 0 Å². The van der Waals surface area contributed by atoms with Crippen LogP contribution >= 0.6 is 0 Å². The van der Waals surface area contributed by atoms with E-state index in [1.165, 1.54) is 37.0 Å². The maximum absolute atomic E-state index is 12.5. The van der Waals surface area contributed by atoms with Crippen molar-refractivity contribution in [3.63, 3.8) is 0 Å². The van der Waals surface area contributed by atoms with Gasteiger partial charge in [0.05, 0.1) is 17.5 Å². The molecule has 12 nitrogen and oxygen atoms in total. The molecule has 1 N–H and O–H groups in total. The molecule has 0 bridgehead atoms. The molecular formula is C32H29N3O9. The lowest BCUT2D eigenvalue weighted by molar-refractivity contribution is 0.220. The number of hydrogen-bond acceptors (Lipinski definition) is 12. The molecular weight excluding hydrogens is 570 g/mol. The summed E-state index contributed by atoms with van der Waals surface area (Å²) >= 11 is 0. The van der Waals surface area contributed by atoms with Gasteiger partial charge in [-0.3, -0.25) is 4.90 Å². The number of fused-ring (bicyclic) bond motifs is 5. The molecule has 44 heavy (non-hydrogen) atoms. The van der Waals surface area contributed by atoms with Crippen LogP contribution in [0.1, 0.15) is 31.2 Å². The van der Waals surface area contributed by atoms with E-state index in [0.29, 0.717) is 19.6 Å². The molecule has 0 aliphatic carbocycles. The van der Waals surface area contributed by atoms with E-state index in [1.807, 2.05) is 12.1 Å². The zero-order chi connectivity index (χ0) is 30.5. The van der Waals surface area contributed by atoms with Gasteiger partial charge in [0, 0.05) is 37.4 Å². The second-order valence-electron chi connectivity index (χ2n) is 10.4. The maximum atomic E-state index is 12.5. The molecule has 2 aromatic carbocycles. The van der Waals surface area contributed by atoms with Crippen LogP contribution in [0.3, 0.4) is 0 Å². The van der Waals surface area contributed by atoms with Gasteiger partial charge in [0.25, 0.3) is 0 Å². The molecule has 4 heterocycles. The highest BCUT2D eigenvalue weighted by atomic mass is 16.5. The average molecular weight is 600 g/mol. The van der Waals surface area contributed by atoms with Crippen LogP contribution in [-0.4, -0.2) is 36.1 Å². The lowest BCUT2D eigenvalue weighted by atomic mass is 10.1. The molecule has 0 spiro atoms. The largest absolute Gasteiger partial charge is 0.494 e. The van der Waals surface area contributed by atoms with E-state index in [2.05, 4.69) is 27.3 Å². The fourth-order valence-corrected chi connectivity index (χ4v) is 5.15. The van der Waals surface area contributed by atoms with Crippen molar-refractivity contribution in [2.24, 2.45) is 0 Å². The number of ether oxygens (including phenoxy) is 1. The van der Waals surface area contributed by atoms with E-state index in [1.54, 1.807) is 0 Å². The molecule has 12 heteroatoms. The van der Waals surface area contributed by atoms with Gasteiger partial charge in [-0.2, -0.15) is 0 Å². The number of aromatic nitrogens is 1. The molecule has 1 fully saturated rings. The molecule has 0 saturated carbocycles. The minimum Gasteiger partial charge on any atom is -0.494 e. The summed E-state index contributed by atoms with van der Waals surface area (Å²) < 4.78 is 27.7. The van der Waals surface area contributed by atoms with Crippen molar-refractivity contribution in [3.8, 4) is 5.75 Å². The summed E-state index contributed by atoms with van der Waals surface area (Å²) in [6, 6.07) is 14.6. The van der Waals surface area contributed by atoms with Gasteiger partial charge in [0.2, 0.25) is 5.58 Å². The third-order valence-corrected chi connectivity index (χ3v) is 7.15. The molecule has 0 atom stereocenters. The van der Waals surface area contributed by atoms with E-state index < -0.39 is 22.5 Å². The quantitative estimate of drug-likeness (QED) is 0.252. The SMILES string of the molecule is O=c1ccc(=O)oc2c(ccc3nc(NCCCOc4cccc(CN5CCCCC5)c4)c4oc(=O)ccc(=O)oc4c32)o1. The lowest BCUT2D eigenvalue weighted by Crippen LogP contribution is -2.29. The summed E-state index contributed by atoms with van der Waals surface area (Å²) in [7, 11) is 0. The Morgan fingerprint density at radius 2 is 1.43 bits per heavy atom. The topological polar surface area (TPSA) is 158 Å². The summed E-state index contributed by atoms with van der Waals surface area (Å²) in [6.45, 7) is 3.90. The molecule has 1 aliphatic heterocycles. The van der Waals surface area contributed by atoms with Gasteiger partial charge >= 0.3 is 22.5 Å². The predicted molar refractivity (Wildman–Crippen MR) is 163 cm³/mol. The predicted octanol–water partition coefficient (Wildman–Crippen LogP) is 4.35. The van der Waals surface area contributed by atoms with E-state index in [9.17, 15) is 19.2 Å². The molecule has 0 radical (unpaired) electrons. The van der Waals surface area contributed by atoms with E-state index >= 15 is 0 Å². The van der Waals surface area contributed by atoms with Crippen LogP contribution < -0.4 is 32.6 Å². The van der Waals surface area contributed by atoms with Gasteiger partial charge in [-0.05, 0) is 62.2 Å². The van der Waals surface area contributed by atoms with Gasteiger partial charge in [-0.25, -0.2) is 24.2 Å². The first-order valence-electron chi connectivity index (χ1n) is 14.3. The van der Waals surface area contributed by atoms with Gasteiger partial charge in [0.15, 0.2) is 22.6 Å². The van der Waals surface area contributed by atoms with Gasteiger partial charge in [0.1, 0.15) is 5.75 Å². The Kier molecular flexibility index (Phi) is 8.50. The molecule has 6 rings (SSSR count). The summed E-state index contributed by atoms with van der Waals surface area (Å²) in [6.07, 6.45) is 4.32. The normalized spacial score (nSPS) is 13.6. The molecule has 0 amide bonds. The molecule has 0 unspecified atom stereocenters. The van der Waals surface area contributed by atoms with Crippen molar-refractivity contribution >= 4 is 39.1 Å². The van der Waals surface area contributed by atoms with Crippen LogP contribution in [0.4, 0.5) is 5.82 Å². The number of benzene rings is 2. The number of piperidine rings is 1. The first kappa shape index (κ1) is 28.9. The molecule has 1 aliphatic rings. The minimum atomic E-state index is -0.871. The van der Waals surface area contributed by atoms with Crippen molar-refractivity contribution in [2.45, 2.75) is 32.2 Å². The van der Waals surface area contributed by atoms with E-state index in [4.69, 9.17) is 22.4 Å². The van der Waals surface area contributed by atoms with Gasteiger partial charge in [-0.1, -0.05) is 18.6 Å². The summed E-state index contributed by atoms with van der Waals surface area (Å²) in [5.74, 6) is 0.893. The smallest absolute Gasteiger partial charge is 0.336 e. The van der Waals surface area contributed by atoms with E-state index in [0.717, 1.165) is 49.6 Å². The van der Waals surface area contributed by atoms with Gasteiger partial charge < -0.3 is 27.7 Å². The number of anilines is 1. The third kappa shape index (κ3) is 6.70. The second-order valence-corrected chi connectivity index (χ2v) is 10.4. The first-order chi connectivity index (χ1) is 21.4. The standard InChI is InChI=1S/C32H29N3O9/c36-24-10-11-25(37)42-29-23(41-24)9-8-22-28(29)30-31(44-27(39)13-12-26(38)43-30)32(34-22)33-14-5-17-40-21-7-4-6-20(18-21)19-35-15-2-1-3-16-35/h4,6-13,18H,1-3,5,14-17,19H2,(H,33,34). The van der Waals surface area contributed by atoms with Crippen LogP contribution in [0.15, 0.2) is 97.5 Å². The van der Waals surface area contributed by atoms with Crippen LogP contribution in [0.5, 0.6) is 5.75 Å². The lowest BCUT2D eigenvalue weighted by Gasteiger charge is -2.26. The Bertz CT molecular complexity index is 2120. The van der Waals surface area contributed by atoms with Crippen LogP contribution in [0.2, 0.25) is 0 Å². The summed E-state index contributed by atoms with van der Waals surface area (Å²) in [5, 5.41) is 3.13. The zero-order valence-corrected chi connectivity index (χ0v) is 23.7. The Morgan fingerprint density at radius 3 is 2.18 bits per heavy atom. The fourth-order valence-electron chi connectivity index (χ4n) is 5.15. The van der Waals surface area contributed by atoms with Crippen LogP contribution in [-0.2, 0) is 6.54 Å². The third-order valence-electron chi connectivity index (χ3n) is 7.15. The minimum absolute atomic E-state index is 0.00344. The first-order valence-corrected chi connectivity index (χ1v) is 14.3. The Balaban J connectivity index is 1.28. The molecule has 5 aromatic rings. The summed E-state index contributed by atoms with van der Waals surface area (Å²) in [4.78, 5) is 56.3. The van der Waals surface area contributed by atoms with Gasteiger partial charge in [-0.15, -0.1) is 0 Å². The average Bonchev–Trinajstić information content (AvgIpc) is 3.00. The Morgan fingerprint density at radius 1 is 0.750 bits per heavy atom. The summed E-state index contributed by atoms with van der Waals surface area (Å²) in [5.41, 5.74) is -2.71. The highest BCUT2D eigenvalue weighted by Gasteiger charge is 2.18. The highest BCUT2D eigenvalue weighted by molar-refractivity contribution is 6.14. The van der Waals surface area contributed by atoms with Crippen LogP contribution in [0.25, 0.3) is 33.2 Å².